The van der Waals surface area contributed by atoms with Crippen molar-refractivity contribution in [2.24, 2.45) is 0 Å². The molecule has 5 heterocycles. The average Bonchev–Trinajstić information content (AvgIpc) is 3.32. The molecular weight excluding hydrogens is 1010 g/mol. The fraction of sp³-hybridized carbons (Fsp3) is 0.857. The molecule has 24 unspecified atom stereocenters. The van der Waals surface area contributed by atoms with Gasteiger partial charge >= 0.3 is 5.97 Å². The molecule has 5 aliphatic rings. The van der Waals surface area contributed by atoms with E-state index in [0.717, 1.165) is 41.5 Å². The van der Waals surface area contributed by atoms with E-state index in [1.807, 2.05) is 0 Å². The lowest BCUT2D eigenvalue weighted by Crippen LogP contribution is -2.72. The zero-order valence-electron chi connectivity index (χ0n) is 40.9. The second-order valence-electron chi connectivity index (χ2n) is 18.2. The van der Waals surface area contributed by atoms with Gasteiger partial charge in [-0.2, -0.15) is 0 Å². The van der Waals surface area contributed by atoms with E-state index in [4.69, 9.17) is 47.4 Å². The maximum atomic E-state index is 12.7. The van der Waals surface area contributed by atoms with Crippen LogP contribution in [-0.4, -0.2) is 278 Å². The summed E-state index contributed by atoms with van der Waals surface area (Å²) < 4.78 is 58.2. The molecule has 5 fully saturated rings. The highest BCUT2D eigenvalue weighted by atomic mass is 16.8. The molecule has 5 amide bonds. The Balaban J connectivity index is 1.40. The Labute approximate surface area is 421 Å². The first-order valence-electron chi connectivity index (χ1n) is 23.4. The summed E-state index contributed by atoms with van der Waals surface area (Å²) in [6, 6.07) is -8.16. The van der Waals surface area contributed by atoms with Crippen LogP contribution in [0.5, 0.6) is 0 Å². The van der Waals surface area contributed by atoms with Crippen molar-refractivity contribution in [2.75, 3.05) is 33.0 Å². The maximum Gasteiger partial charge on any atom is 0.302 e. The molecule has 0 aromatic rings. The zero-order chi connectivity index (χ0) is 55.0. The van der Waals surface area contributed by atoms with Crippen molar-refractivity contribution in [1.29, 1.82) is 0 Å². The Morgan fingerprint density at radius 3 is 0.905 bits per heavy atom. The minimum atomic E-state index is -2.02. The summed E-state index contributed by atoms with van der Waals surface area (Å²) in [5.74, 6) is -4.60. The predicted octanol–water partition coefficient (Wildman–Crippen LogP) is -10.6. The van der Waals surface area contributed by atoms with Gasteiger partial charge in [0.15, 0.2) is 31.5 Å². The Bertz CT molecular complexity index is 1910. The van der Waals surface area contributed by atoms with Crippen LogP contribution >= 0.6 is 0 Å². The Hall–Kier alpha value is -3.98. The first-order chi connectivity index (χ1) is 34.8. The minimum absolute atomic E-state index is 0.601. The number of aliphatic hydroxyl groups excluding tert-OH is 11. The highest BCUT2D eigenvalue weighted by Crippen LogP contribution is 2.36. The van der Waals surface area contributed by atoms with Crippen molar-refractivity contribution in [2.45, 2.75) is 195 Å². The summed E-state index contributed by atoms with van der Waals surface area (Å²) in [4.78, 5) is 73.5. The summed E-state index contributed by atoms with van der Waals surface area (Å²) in [7, 11) is 0. The van der Waals surface area contributed by atoms with E-state index in [-0.39, 0.29) is 0 Å². The van der Waals surface area contributed by atoms with Crippen LogP contribution in [-0.2, 0) is 76.1 Å². The van der Waals surface area contributed by atoms with E-state index in [9.17, 15) is 84.9 Å². The van der Waals surface area contributed by atoms with Gasteiger partial charge in [-0.05, 0) is 0 Å². The zero-order valence-corrected chi connectivity index (χ0v) is 40.9. The molecule has 32 heteroatoms. The lowest BCUT2D eigenvalue weighted by molar-refractivity contribution is -0.367. The maximum absolute atomic E-state index is 12.7. The van der Waals surface area contributed by atoms with E-state index in [2.05, 4.69) is 26.6 Å². The number of carbonyl (C=O) groups is 6. The van der Waals surface area contributed by atoms with Crippen molar-refractivity contribution in [3.8, 4) is 0 Å². The lowest BCUT2D eigenvalue weighted by atomic mass is 9.93. The van der Waals surface area contributed by atoms with E-state index >= 15 is 0 Å². The van der Waals surface area contributed by atoms with Gasteiger partial charge in [-0.25, -0.2) is 0 Å². The number of hydrogen-bond acceptors (Lipinski definition) is 27. The average molecular weight is 1080 g/mol. The Morgan fingerprint density at radius 2 is 0.622 bits per heavy atom. The SMILES string of the molecule is CC(=O)NC1C(O)OC(CO)C(OC2OC(CO)C(OC3OC(CO)[C@H](OC4OC(CO)C(OC5OC(COC(C)=O)C(O)C(O)C5NC(C)=O)C(O)C4NC(C)=O)C(O)C3NC(C)=O)C(O)C2NC(C)=O)C1O. The van der Waals surface area contributed by atoms with Gasteiger partial charge in [-0.15, -0.1) is 0 Å². The van der Waals surface area contributed by atoms with Gasteiger partial charge in [-0.3, -0.25) is 28.8 Å². The van der Waals surface area contributed by atoms with E-state index in [1.165, 1.54) is 0 Å². The first-order valence-corrected chi connectivity index (χ1v) is 23.4. The number of hydrogen-bond donors (Lipinski definition) is 16. The van der Waals surface area contributed by atoms with Crippen LogP contribution in [0.15, 0.2) is 0 Å². The third-order valence-corrected chi connectivity index (χ3v) is 12.6. The summed E-state index contributed by atoms with van der Waals surface area (Å²) in [5.41, 5.74) is 0. The fourth-order valence-corrected chi connectivity index (χ4v) is 9.25. The first kappa shape index (κ1) is 60.9. The molecule has 0 aromatic heterocycles. The number of amides is 5. The van der Waals surface area contributed by atoms with Crippen LogP contribution < -0.4 is 26.6 Å². The Morgan fingerprint density at radius 1 is 0.365 bits per heavy atom. The number of nitrogens with one attached hydrogen (secondary N) is 5. The predicted molar refractivity (Wildman–Crippen MR) is 234 cm³/mol. The van der Waals surface area contributed by atoms with Gasteiger partial charge < -0.3 is 130 Å². The van der Waals surface area contributed by atoms with Crippen LogP contribution in [0.4, 0.5) is 0 Å². The van der Waals surface area contributed by atoms with Crippen molar-refractivity contribution in [1.82, 2.24) is 26.6 Å². The van der Waals surface area contributed by atoms with Crippen molar-refractivity contribution < 1.29 is 132 Å². The molecule has 5 saturated heterocycles. The standard InChI is InChI=1S/C42H69N5O27/c1-12(52)43-23-30(60)34(18(7-48)66-38(23)64)71-40-25(45-14(3)54)32(62)36(20(9-50)67-40)73-42-27(47-16(5)56)33(63)37(21(10-51)69-42)74-41-26(46-15(4)55)31(61)35(19(8-49)68-41)72-39-24(44-13(2)53)29(59)28(58)22(70-39)11-65-17(6)57/h18-42,48-51,58-64H,7-11H2,1-6H3,(H,43,52)(H,44,53)(H,45,54)(H,46,55)(H,47,56)/t18?,19?,20?,21?,22?,23?,24?,25?,26?,27?,28?,29?,30?,31?,32?,33?,34?,35?,36?,37-,38?,39?,40?,41?,42?/m0/s1. The highest BCUT2D eigenvalue weighted by molar-refractivity contribution is 5.75. The monoisotopic (exact) mass is 1080 g/mol. The number of carbonyl (C=O) groups excluding carboxylic acids is 6. The number of esters is 1. The van der Waals surface area contributed by atoms with Crippen molar-refractivity contribution in [3.05, 3.63) is 0 Å². The fourth-order valence-electron chi connectivity index (χ4n) is 9.25. The molecule has 25 atom stereocenters. The third kappa shape index (κ3) is 14.5. The summed E-state index contributed by atoms with van der Waals surface area (Å²) in [6.45, 7) is 1.91. The van der Waals surface area contributed by atoms with E-state index < -0.39 is 222 Å². The van der Waals surface area contributed by atoms with Gasteiger partial charge in [-0.1, -0.05) is 0 Å². The minimum Gasteiger partial charge on any atom is -0.463 e. The number of rotatable bonds is 19. The van der Waals surface area contributed by atoms with Crippen LogP contribution in [0.2, 0.25) is 0 Å². The van der Waals surface area contributed by atoms with E-state index in [0.29, 0.717) is 0 Å². The quantitative estimate of drug-likeness (QED) is 0.0534. The molecule has 424 valence electrons. The van der Waals surface area contributed by atoms with Gasteiger partial charge in [0, 0.05) is 41.5 Å². The molecule has 16 N–H and O–H groups in total. The molecule has 0 spiro atoms. The van der Waals surface area contributed by atoms with Gasteiger partial charge in [0.05, 0.1) is 26.4 Å². The van der Waals surface area contributed by atoms with Gasteiger partial charge in [0.25, 0.3) is 0 Å². The van der Waals surface area contributed by atoms with Gasteiger partial charge in [0.1, 0.15) is 128 Å². The molecule has 0 radical (unpaired) electrons. The second-order valence-corrected chi connectivity index (χ2v) is 18.2. The summed E-state index contributed by atoms with van der Waals surface area (Å²) in [5, 5.41) is 133. The van der Waals surface area contributed by atoms with Crippen LogP contribution in [0.25, 0.3) is 0 Å². The Kier molecular flexibility index (Phi) is 22.1. The smallest absolute Gasteiger partial charge is 0.302 e. The van der Waals surface area contributed by atoms with Crippen LogP contribution in [0, 0.1) is 0 Å². The lowest BCUT2D eigenvalue weighted by Gasteiger charge is -2.51. The highest BCUT2D eigenvalue weighted by Gasteiger charge is 2.57. The van der Waals surface area contributed by atoms with Gasteiger partial charge in [0.2, 0.25) is 29.5 Å². The molecule has 0 aliphatic carbocycles. The molecule has 32 nitrogen and oxygen atoms in total. The third-order valence-electron chi connectivity index (χ3n) is 12.6. The number of ether oxygens (including phenoxy) is 10. The largest absolute Gasteiger partial charge is 0.463 e. The summed E-state index contributed by atoms with van der Waals surface area (Å²) >= 11 is 0. The molecule has 74 heavy (non-hydrogen) atoms. The molecular formula is C42H69N5O27. The van der Waals surface area contributed by atoms with Crippen LogP contribution in [0.1, 0.15) is 41.5 Å². The molecule has 5 rings (SSSR count). The normalized spacial score (nSPS) is 42.5. The topological polar surface area (TPSA) is 477 Å². The van der Waals surface area contributed by atoms with Crippen molar-refractivity contribution >= 4 is 35.5 Å². The second kappa shape index (κ2) is 26.9. The molecule has 0 aromatic carbocycles. The molecule has 0 bridgehead atoms. The molecule has 5 aliphatic heterocycles. The van der Waals surface area contributed by atoms with E-state index in [1.54, 1.807) is 0 Å². The number of aliphatic hydroxyl groups is 11. The van der Waals surface area contributed by atoms with Crippen molar-refractivity contribution in [3.63, 3.8) is 0 Å². The molecule has 0 saturated carbocycles. The summed E-state index contributed by atoms with van der Waals surface area (Å²) in [6.07, 6.45) is -35.4. The van der Waals surface area contributed by atoms with Crippen LogP contribution in [0.3, 0.4) is 0 Å².